The van der Waals surface area contributed by atoms with Crippen LogP contribution in [0.4, 0.5) is 5.13 Å². The predicted molar refractivity (Wildman–Crippen MR) is 162 cm³/mol. The Kier molecular flexibility index (Phi) is 9.11. The molecule has 0 saturated heterocycles. The van der Waals surface area contributed by atoms with E-state index in [2.05, 4.69) is 45.2 Å². The second-order valence-electron chi connectivity index (χ2n) is 11.3. The molecule has 0 bridgehead atoms. The van der Waals surface area contributed by atoms with Crippen LogP contribution < -0.4 is 14.8 Å². The third kappa shape index (κ3) is 7.37. The number of carbonyl (C=O) groups is 1. The fraction of sp³-hybridized carbons (Fsp3) is 0.414. The number of fused-ring (bicyclic) bond motifs is 1. The summed E-state index contributed by atoms with van der Waals surface area (Å²) in [5.41, 5.74) is 4.35. The molecule has 1 aliphatic carbocycles. The third-order valence-corrected chi connectivity index (χ3v) is 9.49. The number of hydrogen-bond donors (Lipinski definition) is 1. The van der Waals surface area contributed by atoms with Crippen molar-refractivity contribution in [2.75, 3.05) is 25.6 Å². The van der Waals surface area contributed by atoms with Crippen LogP contribution >= 0.6 is 11.3 Å². The van der Waals surface area contributed by atoms with Gasteiger partial charge in [-0.1, -0.05) is 36.9 Å². The van der Waals surface area contributed by atoms with E-state index in [0.717, 1.165) is 37.5 Å². The summed E-state index contributed by atoms with van der Waals surface area (Å²) in [6, 6.07) is 12.1. The van der Waals surface area contributed by atoms with Gasteiger partial charge in [0.25, 0.3) is 11.1 Å². The second-order valence-corrected chi connectivity index (χ2v) is 17.8. The summed E-state index contributed by atoms with van der Waals surface area (Å²) >= 11 is 1.20. The van der Waals surface area contributed by atoms with E-state index in [1.165, 1.54) is 22.6 Å². The van der Waals surface area contributed by atoms with Gasteiger partial charge < -0.3 is 14.2 Å². The zero-order valence-corrected chi connectivity index (χ0v) is 25.7. The van der Waals surface area contributed by atoms with Gasteiger partial charge in [-0.25, -0.2) is 4.68 Å². The van der Waals surface area contributed by atoms with Crippen LogP contribution in [0.5, 0.6) is 10.9 Å². The van der Waals surface area contributed by atoms with E-state index in [0.29, 0.717) is 40.7 Å². The number of aromatic nitrogens is 5. The second kappa shape index (κ2) is 12.9. The molecule has 0 saturated carbocycles. The number of anilines is 1. The first-order chi connectivity index (χ1) is 19.8. The SMILES string of the molecule is COc1ccccc1-c1cc(C(=O)Nc2nnc(OCC3CCCc4c3cnn4COCC[Si](C)(C)C)s2)ccn1. The van der Waals surface area contributed by atoms with Crippen LogP contribution in [0.1, 0.15) is 40.4 Å². The Bertz CT molecular complexity index is 1480. The van der Waals surface area contributed by atoms with Gasteiger partial charge in [-0.3, -0.25) is 15.1 Å². The minimum absolute atomic E-state index is 0.224. The Morgan fingerprint density at radius 2 is 2.05 bits per heavy atom. The van der Waals surface area contributed by atoms with Gasteiger partial charge in [-0.05, 0) is 66.5 Å². The van der Waals surface area contributed by atoms with Crippen molar-refractivity contribution < 1.29 is 19.0 Å². The Hall–Kier alpha value is -3.61. The fourth-order valence-electron chi connectivity index (χ4n) is 4.76. The van der Waals surface area contributed by atoms with Crippen LogP contribution in [0.15, 0.2) is 48.8 Å². The van der Waals surface area contributed by atoms with Crippen molar-refractivity contribution in [1.82, 2.24) is 25.0 Å². The number of benzene rings is 1. The molecular weight excluding hydrogens is 557 g/mol. The summed E-state index contributed by atoms with van der Waals surface area (Å²) in [6.07, 6.45) is 6.64. The molecule has 5 rings (SSSR count). The van der Waals surface area contributed by atoms with Crippen molar-refractivity contribution in [3.05, 3.63) is 65.6 Å². The van der Waals surface area contributed by atoms with Gasteiger partial charge in [0, 0.05) is 43.6 Å². The molecule has 0 spiro atoms. The number of methoxy groups -OCH3 is 1. The number of para-hydroxylation sites is 1. The first-order valence-corrected chi connectivity index (χ1v) is 18.3. The number of rotatable bonds is 12. The third-order valence-electron chi connectivity index (χ3n) is 7.04. The lowest BCUT2D eigenvalue weighted by Crippen LogP contribution is -2.22. The number of ether oxygens (including phenoxy) is 3. The largest absolute Gasteiger partial charge is 0.496 e. The number of hydrogen-bond acceptors (Lipinski definition) is 9. The summed E-state index contributed by atoms with van der Waals surface area (Å²) in [5, 5.41) is 16.4. The lowest BCUT2D eigenvalue weighted by molar-refractivity contribution is 0.0760. The molecule has 1 aliphatic rings. The average molecular weight is 593 g/mol. The van der Waals surface area contributed by atoms with Crippen molar-refractivity contribution in [3.8, 4) is 22.2 Å². The van der Waals surface area contributed by atoms with Gasteiger partial charge in [-0.2, -0.15) is 5.10 Å². The van der Waals surface area contributed by atoms with E-state index in [1.54, 1.807) is 25.4 Å². The summed E-state index contributed by atoms with van der Waals surface area (Å²) < 4.78 is 19.4. The van der Waals surface area contributed by atoms with Crippen LogP contribution in [0.3, 0.4) is 0 Å². The van der Waals surface area contributed by atoms with Crippen LogP contribution in [0.25, 0.3) is 11.3 Å². The molecule has 12 heteroatoms. The molecule has 1 unspecified atom stereocenters. The normalized spacial score (nSPS) is 14.9. The summed E-state index contributed by atoms with van der Waals surface area (Å²) in [5.74, 6) is 0.607. The standard InChI is InChI=1S/C29H36N6O4SSi/c1-37-26-11-6-5-9-22(26)24-16-20(12-13-30-24)27(36)32-28-33-34-29(40-28)39-18-21-8-7-10-25-23(21)17-31-35(25)19-38-14-15-41(2,3)4/h5-6,9,11-13,16-17,21H,7-8,10,14-15,18-19H2,1-4H3,(H,32,33,36). The average Bonchev–Trinajstić information content (AvgIpc) is 3.60. The van der Waals surface area contributed by atoms with E-state index in [1.807, 2.05) is 35.1 Å². The van der Waals surface area contributed by atoms with Crippen molar-refractivity contribution in [2.24, 2.45) is 0 Å². The van der Waals surface area contributed by atoms with Crippen LogP contribution in [-0.4, -0.2) is 59.3 Å². The lowest BCUT2D eigenvalue weighted by atomic mass is 9.88. The highest BCUT2D eigenvalue weighted by Crippen LogP contribution is 2.33. The Labute approximate surface area is 245 Å². The summed E-state index contributed by atoms with van der Waals surface area (Å²) in [6.45, 7) is 8.80. The van der Waals surface area contributed by atoms with Crippen LogP contribution in [0.2, 0.25) is 25.7 Å². The number of nitrogens with zero attached hydrogens (tertiary/aromatic N) is 5. The van der Waals surface area contributed by atoms with Gasteiger partial charge in [0.2, 0.25) is 5.13 Å². The highest BCUT2D eigenvalue weighted by atomic mass is 32.1. The van der Waals surface area contributed by atoms with Crippen molar-refractivity contribution >= 4 is 30.4 Å². The van der Waals surface area contributed by atoms with Crippen LogP contribution in [-0.2, 0) is 17.9 Å². The molecule has 1 amide bonds. The van der Waals surface area contributed by atoms with Gasteiger partial charge in [0.15, 0.2) is 0 Å². The number of amides is 1. The molecule has 3 aromatic heterocycles. The highest BCUT2D eigenvalue weighted by Gasteiger charge is 2.26. The highest BCUT2D eigenvalue weighted by molar-refractivity contribution is 7.17. The number of carbonyl (C=O) groups excluding carboxylic acids is 1. The molecule has 4 aromatic rings. The topological polar surface area (TPSA) is 113 Å². The molecule has 10 nitrogen and oxygen atoms in total. The minimum atomic E-state index is -1.12. The Morgan fingerprint density at radius 1 is 1.20 bits per heavy atom. The van der Waals surface area contributed by atoms with Gasteiger partial charge >= 0.3 is 0 Å². The molecule has 3 heterocycles. The first kappa shape index (κ1) is 28.9. The van der Waals surface area contributed by atoms with Crippen molar-refractivity contribution in [3.63, 3.8) is 0 Å². The maximum absolute atomic E-state index is 13.0. The zero-order valence-electron chi connectivity index (χ0n) is 23.9. The lowest BCUT2D eigenvalue weighted by Gasteiger charge is -2.23. The molecule has 41 heavy (non-hydrogen) atoms. The van der Waals surface area contributed by atoms with E-state index in [9.17, 15) is 4.79 Å². The number of pyridine rings is 1. The molecule has 1 aromatic carbocycles. The Morgan fingerprint density at radius 3 is 2.88 bits per heavy atom. The fourth-order valence-corrected chi connectivity index (χ4v) is 6.12. The summed E-state index contributed by atoms with van der Waals surface area (Å²) in [4.78, 5) is 17.4. The maximum atomic E-state index is 13.0. The first-order valence-electron chi connectivity index (χ1n) is 13.8. The van der Waals surface area contributed by atoms with E-state index in [4.69, 9.17) is 14.2 Å². The van der Waals surface area contributed by atoms with Gasteiger partial charge in [0.05, 0.1) is 25.6 Å². The molecule has 1 N–H and O–H groups in total. The number of nitrogens with one attached hydrogen (secondary N) is 1. The zero-order chi connectivity index (χ0) is 28.8. The monoisotopic (exact) mass is 592 g/mol. The molecule has 0 radical (unpaired) electrons. The van der Waals surface area contributed by atoms with Gasteiger partial charge in [0.1, 0.15) is 12.5 Å². The smallest absolute Gasteiger partial charge is 0.295 e. The van der Waals surface area contributed by atoms with Crippen molar-refractivity contribution in [1.29, 1.82) is 0 Å². The van der Waals surface area contributed by atoms with Gasteiger partial charge in [-0.15, -0.1) is 5.10 Å². The predicted octanol–water partition coefficient (Wildman–Crippen LogP) is 5.87. The van der Waals surface area contributed by atoms with Crippen molar-refractivity contribution in [2.45, 2.75) is 57.6 Å². The maximum Gasteiger partial charge on any atom is 0.295 e. The Balaban J connectivity index is 1.16. The van der Waals surface area contributed by atoms with Crippen LogP contribution in [0, 0.1) is 0 Å². The molecular formula is C29H36N6O4SSi. The quantitative estimate of drug-likeness (QED) is 0.161. The van der Waals surface area contributed by atoms with E-state index in [-0.39, 0.29) is 11.8 Å². The molecule has 0 fully saturated rings. The minimum Gasteiger partial charge on any atom is -0.496 e. The molecule has 1 atom stereocenters. The summed E-state index contributed by atoms with van der Waals surface area (Å²) in [7, 11) is 0.491. The van der Waals surface area contributed by atoms with E-state index < -0.39 is 8.07 Å². The van der Waals surface area contributed by atoms with E-state index >= 15 is 0 Å². The molecule has 216 valence electrons. The molecule has 0 aliphatic heterocycles.